The molecule has 0 saturated heterocycles. The summed E-state index contributed by atoms with van der Waals surface area (Å²) in [4.78, 5) is 0. The van der Waals surface area contributed by atoms with Crippen LogP contribution in [0.3, 0.4) is 0 Å². The molecule has 20 heavy (non-hydrogen) atoms. The van der Waals surface area contributed by atoms with Crippen molar-refractivity contribution in [2.75, 3.05) is 0 Å². The lowest BCUT2D eigenvalue weighted by molar-refractivity contribution is 0.455. The highest BCUT2D eigenvalue weighted by Gasteiger charge is 2.19. The van der Waals surface area contributed by atoms with Gasteiger partial charge in [0.15, 0.2) is 0 Å². The van der Waals surface area contributed by atoms with E-state index in [0.29, 0.717) is 11.1 Å². The molecule has 0 heterocycles. The maximum absolute atomic E-state index is 10.6. The molecular weight excluding hydrogens is 248 g/mol. The third-order valence-corrected chi connectivity index (χ3v) is 3.82. The van der Waals surface area contributed by atoms with E-state index < -0.39 is 0 Å². The van der Waals surface area contributed by atoms with E-state index in [2.05, 4.69) is 26.8 Å². The Morgan fingerprint density at radius 1 is 1.10 bits per heavy atom. The molecule has 0 aromatic heterocycles. The fourth-order valence-corrected chi connectivity index (χ4v) is 2.68. The Morgan fingerprint density at radius 2 is 1.65 bits per heavy atom. The number of phenolic OH excluding ortho intramolecular Hbond substituents is 2. The van der Waals surface area contributed by atoms with Gasteiger partial charge in [0.05, 0.1) is 0 Å². The van der Waals surface area contributed by atoms with Crippen LogP contribution in [0.4, 0.5) is 0 Å². The summed E-state index contributed by atoms with van der Waals surface area (Å²) in [6.45, 7) is 8.08. The lowest BCUT2D eigenvalue weighted by atomic mass is 9.88. The van der Waals surface area contributed by atoms with Crippen molar-refractivity contribution in [3.63, 3.8) is 0 Å². The normalized spacial score (nSPS) is 12.4. The molecule has 1 atom stereocenters. The largest absolute Gasteiger partial charge is 0.507 e. The summed E-state index contributed by atoms with van der Waals surface area (Å²) in [5.74, 6) is 0.739. The third kappa shape index (κ3) is 2.51. The summed E-state index contributed by atoms with van der Waals surface area (Å²) >= 11 is 0. The zero-order chi connectivity index (χ0) is 14.9. The molecule has 106 valence electrons. The third-order valence-electron chi connectivity index (χ3n) is 3.82. The quantitative estimate of drug-likeness (QED) is 0.607. The molecule has 0 aliphatic rings. The number of fused-ring (bicyclic) bond motifs is 1. The van der Waals surface area contributed by atoms with Crippen molar-refractivity contribution in [1.82, 2.24) is 0 Å². The van der Waals surface area contributed by atoms with Crippen molar-refractivity contribution >= 4 is 10.8 Å². The average Bonchev–Trinajstić information content (AvgIpc) is 2.43. The summed E-state index contributed by atoms with van der Waals surface area (Å²) in [6.07, 6.45) is 3.02. The van der Waals surface area contributed by atoms with Crippen molar-refractivity contribution in [3.8, 4) is 11.5 Å². The molecule has 2 aromatic carbocycles. The fraction of sp³-hybridized carbons (Fsp3) is 0.333. The number of rotatable bonds is 3. The number of allylic oxidation sites excluding steroid dienone is 2. The minimum absolute atomic E-state index is 0.167. The van der Waals surface area contributed by atoms with Gasteiger partial charge in [0.2, 0.25) is 0 Å². The van der Waals surface area contributed by atoms with Crippen LogP contribution in [-0.2, 0) is 0 Å². The SMILES string of the molecule is CC(C)=CCC(C)c1c(C)c(O)c2ccccc2c1O. The lowest BCUT2D eigenvalue weighted by Gasteiger charge is -2.18. The Hall–Kier alpha value is -1.96. The molecule has 2 aromatic rings. The predicted octanol–water partition coefficient (Wildman–Crippen LogP) is 5.02. The summed E-state index contributed by atoms with van der Waals surface area (Å²) in [5, 5.41) is 22.3. The van der Waals surface area contributed by atoms with E-state index in [0.717, 1.165) is 22.9 Å². The first-order chi connectivity index (χ1) is 9.43. The minimum Gasteiger partial charge on any atom is -0.507 e. The van der Waals surface area contributed by atoms with Gasteiger partial charge in [-0.05, 0) is 38.7 Å². The summed E-state index contributed by atoms with van der Waals surface area (Å²) < 4.78 is 0. The zero-order valence-electron chi connectivity index (χ0n) is 12.6. The topological polar surface area (TPSA) is 40.5 Å². The first-order valence-electron chi connectivity index (χ1n) is 7.00. The highest BCUT2D eigenvalue weighted by molar-refractivity contribution is 5.95. The molecular formula is C18H22O2. The average molecular weight is 270 g/mol. The van der Waals surface area contributed by atoms with E-state index in [-0.39, 0.29) is 11.7 Å². The second kappa shape index (κ2) is 5.58. The molecule has 0 fully saturated rings. The van der Waals surface area contributed by atoms with E-state index in [4.69, 9.17) is 0 Å². The number of hydrogen-bond acceptors (Lipinski definition) is 2. The van der Waals surface area contributed by atoms with Gasteiger partial charge in [-0.15, -0.1) is 0 Å². The second-order valence-corrected chi connectivity index (χ2v) is 5.70. The van der Waals surface area contributed by atoms with Crippen LogP contribution in [0.1, 0.15) is 44.2 Å². The minimum atomic E-state index is 0.167. The Labute approximate surface area is 120 Å². The number of hydrogen-bond donors (Lipinski definition) is 2. The van der Waals surface area contributed by atoms with Gasteiger partial charge >= 0.3 is 0 Å². The van der Waals surface area contributed by atoms with E-state index in [9.17, 15) is 10.2 Å². The maximum atomic E-state index is 10.6. The molecule has 2 N–H and O–H groups in total. The van der Waals surface area contributed by atoms with Gasteiger partial charge in [-0.3, -0.25) is 0 Å². The van der Waals surface area contributed by atoms with E-state index in [1.54, 1.807) is 0 Å². The lowest BCUT2D eigenvalue weighted by Crippen LogP contribution is -1.98. The van der Waals surface area contributed by atoms with Gasteiger partial charge in [-0.1, -0.05) is 42.8 Å². The molecule has 2 nitrogen and oxygen atoms in total. The molecule has 0 aliphatic heterocycles. The van der Waals surface area contributed by atoms with Crippen LogP contribution in [0, 0.1) is 6.92 Å². The van der Waals surface area contributed by atoms with Gasteiger partial charge in [0, 0.05) is 16.3 Å². The fourth-order valence-electron chi connectivity index (χ4n) is 2.68. The van der Waals surface area contributed by atoms with Gasteiger partial charge in [0.25, 0.3) is 0 Å². The zero-order valence-corrected chi connectivity index (χ0v) is 12.6. The smallest absolute Gasteiger partial charge is 0.127 e. The highest BCUT2D eigenvalue weighted by Crippen LogP contribution is 2.43. The summed E-state index contributed by atoms with van der Waals surface area (Å²) in [7, 11) is 0. The first kappa shape index (κ1) is 14.4. The van der Waals surface area contributed by atoms with E-state index in [1.807, 2.05) is 31.2 Å². The van der Waals surface area contributed by atoms with Crippen molar-refractivity contribution in [2.24, 2.45) is 0 Å². The van der Waals surface area contributed by atoms with Crippen LogP contribution in [0.2, 0.25) is 0 Å². The molecule has 0 amide bonds. The van der Waals surface area contributed by atoms with Crippen molar-refractivity contribution in [2.45, 2.75) is 40.0 Å². The maximum Gasteiger partial charge on any atom is 0.127 e. The number of phenols is 2. The molecule has 0 radical (unpaired) electrons. The van der Waals surface area contributed by atoms with E-state index in [1.165, 1.54) is 5.57 Å². The Morgan fingerprint density at radius 3 is 2.20 bits per heavy atom. The Kier molecular flexibility index (Phi) is 4.03. The molecule has 0 bridgehead atoms. The van der Waals surface area contributed by atoms with Crippen LogP contribution in [0.25, 0.3) is 10.8 Å². The number of benzene rings is 2. The standard InChI is InChI=1S/C18H22O2/c1-11(2)9-10-12(3)16-13(4)17(19)14-7-5-6-8-15(14)18(16)20/h5-9,12,19-20H,10H2,1-4H3. The van der Waals surface area contributed by atoms with E-state index >= 15 is 0 Å². The Balaban J connectivity index is 2.61. The number of aromatic hydroxyl groups is 2. The van der Waals surface area contributed by atoms with Gasteiger partial charge in [-0.25, -0.2) is 0 Å². The van der Waals surface area contributed by atoms with Crippen molar-refractivity contribution < 1.29 is 10.2 Å². The van der Waals surface area contributed by atoms with Gasteiger partial charge in [0.1, 0.15) is 11.5 Å². The molecule has 0 saturated carbocycles. The van der Waals surface area contributed by atoms with Crippen molar-refractivity contribution in [3.05, 3.63) is 47.0 Å². The van der Waals surface area contributed by atoms with Crippen LogP contribution in [0.5, 0.6) is 11.5 Å². The first-order valence-corrected chi connectivity index (χ1v) is 7.00. The molecule has 0 aliphatic carbocycles. The monoisotopic (exact) mass is 270 g/mol. The highest BCUT2D eigenvalue weighted by atomic mass is 16.3. The summed E-state index contributed by atoms with van der Waals surface area (Å²) in [5.41, 5.74) is 2.88. The molecule has 1 unspecified atom stereocenters. The Bertz CT molecular complexity index is 665. The van der Waals surface area contributed by atoms with Gasteiger partial charge < -0.3 is 10.2 Å². The molecule has 2 rings (SSSR count). The van der Waals surface area contributed by atoms with Crippen LogP contribution >= 0.6 is 0 Å². The summed E-state index contributed by atoms with van der Waals surface area (Å²) in [6, 6.07) is 7.43. The van der Waals surface area contributed by atoms with Crippen LogP contribution in [0.15, 0.2) is 35.9 Å². The second-order valence-electron chi connectivity index (χ2n) is 5.70. The van der Waals surface area contributed by atoms with Crippen LogP contribution < -0.4 is 0 Å². The van der Waals surface area contributed by atoms with Crippen molar-refractivity contribution in [1.29, 1.82) is 0 Å². The molecule has 0 spiro atoms. The predicted molar refractivity (Wildman–Crippen MR) is 84.5 cm³/mol. The van der Waals surface area contributed by atoms with Gasteiger partial charge in [-0.2, -0.15) is 0 Å². The molecule has 2 heteroatoms. The van der Waals surface area contributed by atoms with Crippen LogP contribution in [-0.4, -0.2) is 10.2 Å².